The molecule has 0 saturated heterocycles. The topological polar surface area (TPSA) is 37.4 Å². The molecule has 2 rings (SSSR count). The molecule has 0 heterocycles. The van der Waals surface area contributed by atoms with E-state index in [9.17, 15) is 8.42 Å². The predicted octanol–water partition coefficient (Wildman–Crippen LogP) is 3.97. The fraction of sp³-hybridized carbons (Fsp3) is 0.263. The van der Waals surface area contributed by atoms with Gasteiger partial charge in [0, 0.05) is 19.0 Å². The molecule has 23 heavy (non-hydrogen) atoms. The van der Waals surface area contributed by atoms with Gasteiger partial charge in [0.15, 0.2) is 0 Å². The number of unbranched alkanes of at least 4 members (excludes halogenated alkanes) is 1. The summed E-state index contributed by atoms with van der Waals surface area (Å²) in [4.78, 5) is 0.280. The van der Waals surface area contributed by atoms with Gasteiger partial charge in [0.25, 0.3) is 10.0 Å². The Bertz CT molecular complexity index is 828. The van der Waals surface area contributed by atoms with Gasteiger partial charge < -0.3 is 0 Å². The van der Waals surface area contributed by atoms with E-state index in [1.54, 1.807) is 37.4 Å². The molecule has 0 radical (unpaired) electrons. The maximum atomic E-state index is 12.8. The first kappa shape index (κ1) is 17.1. The van der Waals surface area contributed by atoms with Gasteiger partial charge in [-0.15, -0.1) is 0 Å². The summed E-state index contributed by atoms with van der Waals surface area (Å²) in [7, 11) is -2.03. The van der Waals surface area contributed by atoms with E-state index in [0.717, 1.165) is 24.0 Å². The van der Waals surface area contributed by atoms with Crippen LogP contribution in [0.5, 0.6) is 0 Å². The number of anilines is 1. The van der Waals surface area contributed by atoms with Gasteiger partial charge >= 0.3 is 0 Å². The van der Waals surface area contributed by atoms with Gasteiger partial charge in [0.1, 0.15) is 0 Å². The standard InChI is InChI=1S/C19H21NO2S/c1-4-5-6-9-17-10-7-8-11-19(17)20(3)23(21,22)18-14-12-16(2)13-15-18/h7-8,10-15H,4-5H2,1-3H3. The second-order valence-corrected chi connectivity index (χ2v) is 7.32. The summed E-state index contributed by atoms with van der Waals surface area (Å²) in [6.07, 6.45) is 1.77. The van der Waals surface area contributed by atoms with Crippen LogP contribution >= 0.6 is 0 Å². The molecule has 0 saturated carbocycles. The van der Waals surface area contributed by atoms with Crippen molar-refractivity contribution in [1.29, 1.82) is 0 Å². The summed E-state index contributed by atoms with van der Waals surface area (Å²) < 4.78 is 26.9. The number of aryl methyl sites for hydroxylation is 1. The highest BCUT2D eigenvalue weighted by molar-refractivity contribution is 7.92. The van der Waals surface area contributed by atoms with Gasteiger partial charge in [0.05, 0.1) is 10.6 Å². The fourth-order valence-electron chi connectivity index (χ4n) is 2.13. The lowest BCUT2D eigenvalue weighted by molar-refractivity contribution is 0.594. The molecule has 0 atom stereocenters. The van der Waals surface area contributed by atoms with Crippen LogP contribution in [0.4, 0.5) is 5.69 Å². The third kappa shape index (κ3) is 3.94. The Morgan fingerprint density at radius 1 is 1.04 bits per heavy atom. The van der Waals surface area contributed by atoms with Crippen LogP contribution in [0.15, 0.2) is 53.4 Å². The molecular weight excluding hydrogens is 306 g/mol. The highest BCUT2D eigenvalue weighted by atomic mass is 32.2. The van der Waals surface area contributed by atoms with Crippen molar-refractivity contribution in [3.8, 4) is 11.8 Å². The first-order valence-electron chi connectivity index (χ1n) is 7.60. The largest absolute Gasteiger partial charge is 0.268 e. The molecule has 0 bridgehead atoms. The lowest BCUT2D eigenvalue weighted by Crippen LogP contribution is -2.27. The molecule has 0 spiro atoms. The molecule has 0 aliphatic rings. The second kappa shape index (κ2) is 7.34. The molecule has 0 aliphatic carbocycles. The van der Waals surface area contributed by atoms with Crippen molar-refractivity contribution in [2.75, 3.05) is 11.4 Å². The van der Waals surface area contributed by atoms with E-state index in [4.69, 9.17) is 0 Å². The van der Waals surface area contributed by atoms with Gasteiger partial charge in [-0.1, -0.05) is 48.6 Å². The van der Waals surface area contributed by atoms with Crippen LogP contribution in [0, 0.1) is 18.8 Å². The third-order valence-corrected chi connectivity index (χ3v) is 5.31. The number of benzene rings is 2. The zero-order valence-electron chi connectivity index (χ0n) is 13.7. The van der Waals surface area contributed by atoms with E-state index in [1.165, 1.54) is 4.31 Å². The summed E-state index contributed by atoms with van der Waals surface area (Å²) in [5.74, 6) is 6.15. The van der Waals surface area contributed by atoms with Crippen LogP contribution in [0.2, 0.25) is 0 Å². The van der Waals surface area contributed by atoms with Crippen molar-refractivity contribution >= 4 is 15.7 Å². The zero-order chi connectivity index (χ0) is 16.9. The Morgan fingerprint density at radius 3 is 2.35 bits per heavy atom. The SMILES string of the molecule is CCCC#Cc1ccccc1N(C)S(=O)(=O)c1ccc(C)cc1. The summed E-state index contributed by atoms with van der Waals surface area (Å²) in [6, 6.07) is 14.2. The number of nitrogens with zero attached hydrogens (tertiary/aromatic N) is 1. The van der Waals surface area contributed by atoms with Gasteiger partial charge in [-0.3, -0.25) is 4.31 Å². The monoisotopic (exact) mass is 327 g/mol. The minimum absolute atomic E-state index is 0.280. The van der Waals surface area contributed by atoms with Crippen molar-refractivity contribution in [2.45, 2.75) is 31.6 Å². The number of hydrogen-bond acceptors (Lipinski definition) is 2. The van der Waals surface area contributed by atoms with Gasteiger partial charge in [-0.2, -0.15) is 0 Å². The third-order valence-electron chi connectivity index (χ3n) is 3.52. The minimum atomic E-state index is -3.60. The molecule has 0 unspecified atom stereocenters. The maximum Gasteiger partial charge on any atom is 0.264 e. The molecule has 2 aromatic carbocycles. The first-order chi connectivity index (χ1) is 11.0. The Labute approximate surface area is 139 Å². The highest BCUT2D eigenvalue weighted by Crippen LogP contribution is 2.25. The van der Waals surface area contributed by atoms with Crippen LogP contribution in [-0.2, 0) is 10.0 Å². The summed E-state index contributed by atoms with van der Waals surface area (Å²) in [6.45, 7) is 3.99. The minimum Gasteiger partial charge on any atom is -0.268 e. The van der Waals surface area contributed by atoms with E-state index in [2.05, 4.69) is 18.8 Å². The predicted molar refractivity (Wildman–Crippen MR) is 95.0 cm³/mol. The van der Waals surface area contributed by atoms with Crippen LogP contribution in [-0.4, -0.2) is 15.5 Å². The molecular formula is C19H21NO2S. The van der Waals surface area contributed by atoms with Crippen LogP contribution in [0.25, 0.3) is 0 Å². The Hall–Kier alpha value is -2.25. The van der Waals surface area contributed by atoms with Crippen molar-refractivity contribution in [1.82, 2.24) is 0 Å². The summed E-state index contributed by atoms with van der Waals surface area (Å²) >= 11 is 0. The fourth-order valence-corrected chi connectivity index (χ4v) is 3.35. The average molecular weight is 327 g/mol. The lowest BCUT2D eigenvalue weighted by atomic mass is 10.2. The van der Waals surface area contributed by atoms with Gasteiger partial charge in [-0.05, 0) is 37.6 Å². The smallest absolute Gasteiger partial charge is 0.264 e. The van der Waals surface area contributed by atoms with Crippen molar-refractivity contribution < 1.29 is 8.42 Å². The molecule has 0 amide bonds. The molecule has 0 N–H and O–H groups in total. The number of para-hydroxylation sites is 1. The highest BCUT2D eigenvalue weighted by Gasteiger charge is 2.22. The van der Waals surface area contributed by atoms with Gasteiger partial charge in [0.2, 0.25) is 0 Å². The molecule has 3 nitrogen and oxygen atoms in total. The van der Waals surface area contributed by atoms with Crippen LogP contribution in [0.3, 0.4) is 0 Å². The maximum absolute atomic E-state index is 12.8. The Kier molecular flexibility index (Phi) is 5.46. The lowest BCUT2D eigenvalue weighted by Gasteiger charge is -2.21. The average Bonchev–Trinajstić information content (AvgIpc) is 2.55. The molecule has 120 valence electrons. The van der Waals surface area contributed by atoms with Crippen molar-refractivity contribution in [3.63, 3.8) is 0 Å². The van der Waals surface area contributed by atoms with E-state index in [1.807, 2.05) is 25.1 Å². The number of rotatable bonds is 4. The van der Waals surface area contributed by atoms with E-state index < -0.39 is 10.0 Å². The van der Waals surface area contributed by atoms with E-state index in [-0.39, 0.29) is 4.90 Å². The molecule has 0 aromatic heterocycles. The van der Waals surface area contributed by atoms with E-state index in [0.29, 0.717) is 5.69 Å². The van der Waals surface area contributed by atoms with Crippen LogP contribution in [0.1, 0.15) is 30.9 Å². The number of hydrogen-bond donors (Lipinski definition) is 0. The second-order valence-electron chi connectivity index (χ2n) is 5.35. The normalized spacial score (nSPS) is 10.7. The summed E-state index contributed by atoms with van der Waals surface area (Å²) in [5.41, 5.74) is 2.34. The van der Waals surface area contributed by atoms with E-state index >= 15 is 0 Å². The zero-order valence-corrected chi connectivity index (χ0v) is 14.5. The Morgan fingerprint density at radius 2 is 1.70 bits per heavy atom. The summed E-state index contributed by atoms with van der Waals surface area (Å²) in [5, 5.41) is 0. The molecule has 0 aliphatic heterocycles. The van der Waals surface area contributed by atoms with Gasteiger partial charge in [-0.25, -0.2) is 8.42 Å². The molecule has 4 heteroatoms. The Balaban J connectivity index is 2.42. The van der Waals surface area contributed by atoms with Crippen LogP contribution < -0.4 is 4.31 Å². The quantitative estimate of drug-likeness (QED) is 0.797. The van der Waals surface area contributed by atoms with Crippen molar-refractivity contribution in [2.24, 2.45) is 0 Å². The van der Waals surface area contributed by atoms with Crippen molar-refractivity contribution in [3.05, 3.63) is 59.7 Å². The molecule has 2 aromatic rings. The first-order valence-corrected chi connectivity index (χ1v) is 9.04. The number of sulfonamides is 1. The molecule has 0 fully saturated rings.